The van der Waals surface area contributed by atoms with E-state index in [9.17, 15) is 0 Å². The van der Waals surface area contributed by atoms with E-state index in [4.69, 9.17) is 11.5 Å². The number of nitrogens with two attached hydrogens (primary N) is 2. The van der Waals surface area contributed by atoms with Gasteiger partial charge in [-0.05, 0) is 25.9 Å². The molecule has 0 bridgehead atoms. The summed E-state index contributed by atoms with van der Waals surface area (Å²) in [6.45, 7) is 1.61. The van der Waals surface area contributed by atoms with E-state index in [1.807, 2.05) is 0 Å². The van der Waals surface area contributed by atoms with Crippen LogP contribution >= 0.6 is 0 Å². The van der Waals surface area contributed by atoms with Gasteiger partial charge in [0.15, 0.2) is 0 Å². The van der Waals surface area contributed by atoms with Crippen LogP contribution in [0, 0.1) is 0 Å². The topological polar surface area (TPSA) is 52.0 Å². The third kappa shape index (κ3) is 10.0. The van der Waals surface area contributed by atoms with Crippen molar-refractivity contribution in [2.75, 3.05) is 13.1 Å². The summed E-state index contributed by atoms with van der Waals surface area (Å²) in [7, 11) is 0. The Labute approximate surface area is 74.8 Å². The molecule has 0 saturated carbocycles. The van der Waals surface area contributed by atoms with Crippen LogP contribution in [0.25, 0.3) is 0 Å². The van der Waals surface area contributed by atoms with Crippen LogP contribution in [0.1, 0.15) is 20.7 Å². The van der Waals surface area contributed by atoms with E-state index in [-0.39, 0.29) is 31.0 Å². The zero-order chi connectivity index (χ0) is 5.54. The third-order valence-corrected chi connectivity index (χ3v) is 0.908. The average Bonchev–Trinajstić information content (AvgIpc) is 1.69. The summed E-state index contributed by atoms with van der Waals surface area (Å²) in [5.74, 6) is 0. The molecule has 0 radical (unpaired) electrons. The van der Waals surface area contributed by atoms with Gasteiger partial charge < -0.3 is 12.9 Å². The summed E-state index contributed by atoms with van der Waals surface area (Å²) in [6.07, 6.45) is 3.43. The monoisotopic (exact) mass is 126 g/mol. The van der Waals surface area contributed by atoms with Crippen molar-refractivity contribution >= 4 is 0 Å². The molecule has 0 rings (SSSR count). The maximum Gasteiger partial charge on any atom is 1.00 e. The summed E-state index contributed by atoms with van der Waals surface area (Å²) in [5, 5.41) is 0. The van der Waals surface area contributed by atoms with Crippen molar-refractivity contribution in [2.45, 2.75) is 19.3 Å². The summed E-state index contributed by atoms with van der Waals surface area (Å²) in [5.41, 5.74) is 10.5. The van der Waals surface area contributed by atoms with Gasteiger partial charge in [-0.25, -0.2) is 0 Å². The van der Waals surface area contributed by atoms with Crippen LogP contribution in [-0.4, -0.2) is 13.1 Å². The van der Waals surface area contributed by atoms with E-state index in [1.54, 1.807) is 0 Å². The van der Waals surface area contributed by atoms with E-state index in [0.717, 1.165) is 25.9 Å². The largest absolute Gasteiger partial charge is 1.00 e. The van der Waals surface area contributed by atoms with E-state index in [2.05, 4.69) is 0 Å². The number of hydrogen-bond donors (Lipinski definition) is 2. The predicted octanol–water partition coefficient (Wildman–Crippen LogP) is -2.81. The van der Waals surface area contributed by atoms with Crippen LogP contribution in [0.5, 0.6) is 0 Å². The maximum absolute atomic E-state index is 5.23. The molecule has 0 aromatic heterocycles. The predicted molar refractivity (Wildman–Crippen MR) is 33.1 cm³/mol. The zero-order valence-electron chi connectivity index (χ0n) is 6.69. The molecular formula is C5H15N2Na. The minimum Gasteiger partial charge on any atom is -1.00 e. The SMILES string of the molecule is NCCCCCN.[H-].[Na+]. The maximum atomic E-state index is 5.23. The fraction of sp³-hybridized carbons (Fsp3) is 1.00. The molecule has 2 nitrogen and oxygen atoms in total. The van der Waals surface area contributed by atoms with Crippen LogP contribution in [0.4, 0.5) is 0 Å². The first-order chi connectivity index (χ1) is 3.41. The van der Waals surface area contributed by atoms with Crippen LogP contribution < -0.4 is 41.0 Å². The summed E-state index contributed by atoms with van der Waals surface area (Å²) in [6, 6.07) is 0. The zero-order valence-corrected chi connectivity index (χ0v) is 7.69. The van der Waals surface area contributed by atoms with Crippen molar-refractivity contribution in [3.63, 3.8) is 0 Å². The van der Waals surface area contributed by atoms with Crippen molar-refractivity contribution in [3.05, 3.63) is 0 Å². The van der Waals surface area contributed by atoms with Gasteiger partial charge in [-0.1, -0.05) is 6.42 Å². The molecule has 0 aromatic rings. The Hall–Kier alpha value is 0.920. The summed E-state index contributed by atoms with van der Waals surface area (Å²) in [4.78, 5) is 0. The molecule has 4 N–H and O–H groups in total. The number of rotatable bonds is 4. The van der Waals surface area contributed by atoms with Gasteiger partial charge in [0.25, 0.3) is 0 Å². The Morgan fingerprint density at radius 2 is 1.25 bits per heavy atom. The molecular weight excluding hydrogens is 111 g/mol. The summed E-state index contributed by atoms with van der Waals surface area (Å²) < 4.78 is 0. The molecule has 0 heterocycles. The smallest absolute Gasteiger partial charge is 1.00 e. The number of hydrogen-bond acceptors (Lipinski definition) is 2. The van der Waals surface area contributed by atoms with E-state index in [1.165, 1.54) is 6.42 Å². The van der Waals surface area contributed by atoms with Crippen LogP contribution in [0.15, 0.2) is 0 Å². The van der Waals surface area contributed by atoms with Gasteiger partial charge in [0, 0.05) is 0 Å². The molecule has 0 amide bonds. The molecule has 0 atom stereocenters. The van der Waals surface area contributed by atoms with Crippen molar-refractivity contribution in [3.8, 4) is 0 Å². The van der Waals surface area contributed by atoms with Gasteiger partial charge in [0.05, 0.1) is 0 Å². The molecule has 0 saturated heterocycles. The van der Waals surface area contributed by atoms with Gasteiger partial charge >= 0.3 is 29.6 Å². The molecule has 0 fully saturated rings. The van der Waals surface area contributed by atoms with Gasteiger partial charge in [0.2, 0.25) is 0 Å². The molecule has 0 aliphatic heterocycles. The molecule has 0 unspecified atom stereocenters. The van der Waals surface area contributed by atoms with Gasteiger partial charge in [-0.15, -0.1) is 0 Å². The Morgan fingerprint density at radius 3 is 1.50 bits per heavy atom. The van der Waals surface area contributed by atoms with Crippen molar-refractivity contribution in [1.29, 1.82) is 0 Å². The second-order valence-electron chi connectivity index (χ2n) is 1.64. The fourth-order valence-electron chi connectivity index (χ4n) is 0.465. The summed E-state index contributed by atoms with van der Waals surface area (Å²) >= 11 is 0. The first-order valence-corrected chi connectivity index (χ1v) is 2.82. The molecule has 46 valence electrons. The Morgan fingerprint density at radius 1 is 0.875 bits per heavy atom. The van der Waals surface area contributed by atoms with E-state index < -0.39 is 0 Å². The average molecular weight is 126 g/mol. The quantitative estimate of drug-likeness (QED) is 0.315. The fourth-order valence-corrected chi connectivity index (χ4v) is 0.465. The Balaban J connectivity index is -0.000000180. The van der Waals surface area contributed by atoms with Crippen LogP contribution in [0.3, 0.4) is 0 Å². The van der Waals surface area contributed by atoms with E-state index in [0.29, 0.717) is 0 Å². The first kappa shape index (κ1) is 11.7. The first-order valence-electron chi connectivity index (χ1n) is 2.82. The normalized spacial score (nSPS) is 8.25. The second-order valence-corrected chi connectivity index (χ2v) is 1.64. The molecule has 0 spiro atoms. The van der Waals surface area contributed by atoms with Crippen molar-refractivity contribution < 1.29 is 31.0 Å². The Kier molecular flexibility index (Phi) is 15.8. The molecule has 0 aromatic carbocycles. The molecule has 0 aliphatic carbocycles. The molecule has 8 heavy (non-hydrogen) atoms. The van der Waals surface area contributed by atoms with E-state index >= 15 is 0 Å². The second kappa shape index (κ2) is 10.8. The minimum absolute atomic E-state index is 0. The minimum atomic E-state index is 0. The third-order valence-electron chi connectivity index (χ3n) is 0.908. The van der Waals surface area contributed by atoms with Crippen molar-refractivity contribution in [1.82, 2.24) is 0 Å². The van der Waals surface area contributed by atoms with Gasteiger partial charge in [-0.3, -0.25) is 0 Å². The standard InChI is InChI=1S/C5H14N2.Na.H/c6-4-2-1-3-5-7;;/h1-7H2;;/q;+1;-1. The Bertz CT molecular complexity index is 34.1. The van der Waals surface area contributed by atoms with Gasteiger partial charge in [-0.2, -0.15) is 0 Å². The molecule has 3 heteroatoms. The van der Waals surface area contributed by atoms with Crippen LogP contribution in [-0.2, 0) is 0 Å². The van der Waals surface area contributed by atoms with Crippen molar-refractivity contribution in [2.24, 2.45) is 11.5 Å². The molecule has 0 aliphatic rings. The number of unbranched alkanes of at least 4 members (excludes halogenated alkanes) is 2. The van der Waals surface area contributed by atoms with Crippen LogP contribution in [0.2, 0.25) is 0 Å². The van der Waals surface area contributed by atoms with Gasteiger partial charge in [0.1, 0.15) is 0 Å².